The molecule has 0 bridgehead atoms. The van der Waals surface area contributed by atoms with Gasteiger partial charge in [0.15, 0.2) is 0 Å². The van der Waals surface area contributed by atoms with E-state index in [-0.39, 0.29) is 12.3 Å². The van der Waals surface area contributed by atoms with Crippen LogP contribution in [-0.2, 0) is 14.3 Å². The van der Waals surface area contributed by atoms with Crippen molar-refractivity contribution in [2.24, 2.45) is 5.73 Å². The average molecular weight is 202 g/mol. The number of carbonyl (C=O) groups is 2. The molecule has 14 heavy (non-hydrogen) atoms. The van der Waals surface area contributed by atoms with E-state index in [1.165, 1.54) is 7.11 Å². The first-order valence-electron chi connectivity index (χ1n) is 4.41. The lowest BCUT2D eigenvalue weighted by atomic mass is 10.00. The molecule has 0 aliphatic carbocycles. The Balaban J connectivity index is 4.21. The quantitative estimate of drug-likeness (QED) is 0.647. The first kappa shape index (κ1) is 12.9. The fourth-order valence-corrected chi connectivity index (χ4v) is 1.02. The molecular weight excluding hydrogens is 184 g/mol. The van der Waals surface area contributed by atoms with Crippen molar-refractivity contribution in [3.63, 3.8) is 0 Å². The highest BCUT2D eigenvalue weighted by Gasteiger charge is 2.25. The van der Waals surface area contributed by atoms with Crippen LogP contribution in [0, 0.1) is 0 Å². The molecular formula is C9H18N2O3. The predicted molar refractivity (Wildman–Crippen MR) is 52.5 cm³/mol. The Bertz CT molecular complexity index is 226. The van der Waals surface area contributed by atoms with Crippen LogP contribution < -0.4 is 11.1 Å². The molecule has 0 heterocycles. The lowest BCUT2D eigenvalue weighted by Crippen LogP contribution is -2.49. The van der Waals surface area contributed by atoms with Crippen molar-refractivity contribution in [2.45, 2.75) is 38.8 Å². The summed E-state index contributed by atoms with van der Waals surface area (Å²) in [4.78, 5) is 22.1. The second-order valence-electron chi connectivity index (χ2n) is 3.89. The maximum absolute atomic E-state index is 11.4. The molecule has 0 rings (SSSR count). The number of ether oxygens (including phenoxy) is 1. The van der Waals surface area contributed by atoms with Crippen molar-refractivity contribution in [1.82, 2.24) is 5.32 Å². The minimum absolute atomic E-state index is 0.106. The molecule has 0 aliphatic heterocycles. The van der Waals surface area contributed by atoms with Crippen LogP contribution in [0.3, 0.4) is 0 Å². The van der Waals surface area contributed by atoms with Gasteiger partial charge in [-0.05, 0) is 20.8 Å². The fourth-order valence-electron chi connectivity index (χ4n) is 1.02. The Morgan fingerprint density at radius 3 is 2.36 bits per heavy atom. The van der Waals surface area contributed by atoms with Crippen molar-refractivity contribution in [2.75, 3.05) is 7.11 Å². The predicted octanol–water partition coefficient (Wildman–Crippen LogP) is -0.208. The van der Waals surface area contributed by atoms with Gasteiger partial charge in [0.25, 0.3) is 0 Å². The summed E-state index contributed by atoms with van der Waals surface area (Å²) in [6.45, 7) is 5.10. The third-order valence-corrected chi connectivity index (χ3v) is 1.80. The molecule has 1 unspecified atom stereocenters. The SMILES string of the molecule is COC(C)C(=O)NC(C)(C)CC(N)=O. The molecule has 2 amide bonds. The molecule has 0 aromatic rings. The molecule has 0 saturated carbocycles. The third-order valence-electron chi connectivity index (χ3n) is 1.80. The molecule has 1 atom stereocenters. The van der Waals surface area contributed by atoms with Crippen molar-refractivity contribution in [3.8, 4) is 0 Å². The van der Waals surface area contributed by atoms with Gasteiger partial charge in [0.1, 0.15) is 6.10 Å². The Morgan fingerprint density at radius 2 is 2.00 bits per heavy atom. The van der Waals surface area contributed by atoms with E-state index >= 15 is 0 Å². The van der Waals surface area contributed by atoms with Gasteiger partial charge in [0, 0.05) is 19.1 Å². The zero-order chi connectivity index (χ0) is 11.4. The van der Waals surface area contributed by atoms with Crippen LogP contribution in [0.2, 0.25) is 0 Å². The van der Waals surface area contributed by atoms with Gasteiger partial charge in [0.2, 0.25) is 11.8 Å². The number of primary amides is 1. The van der Waals surface area contributed by atoms with E-state index in [9.17, 15) is 9.59 Å². The van der Waals surface area contributed by atoms with E-state index in [0.29, 0.717) is 0 Å². The van der Waals surface area contributed by atoms with Crippen LogP contribution in [0.4, 0.5) is 0 Å². The van der Waals surface area contributed by atoms with Crippen molar-refractivity contribution < 1.29 is 14.3 Å². The lowest BCUT2D eigenvalue weighted by Gasteiger charge is -2.26. The number of nitrogens with one attached hydrogen (secondary N) is 1. The number of carbonyl (C=O) groups excluding carboxylic acids is 2. The van der Waals surface area contributed by atoms with Gasteiger partial charge in [-0.3, -0.25) is 9.59 Å². The maximum atomic E-state index is 11.4. The van der Waals surface area contributed by atoms with Crippen LogP contribution in [0.25, 0.3) is 0 Å². The summed E-state index contributed by atoms with van der Waals surface area (Å²) in [5.74, 6) is -0.695. The Kier molecular flexibility index (Phi) is 4.56. The van der Waals surface area contributed by atoms with Crippen LogP contribution in [0.1, 0.15) is 27.2 Å². The molecule has 5 heteroatoms. The molecule has 0 aromatic carbocycles. The summed E-state index contributed by atoms with van der Waals surface area (Å²) < 4.78 is 4.83. The molecule has 0 aromatic heterocycles. The first-order chi connectivity index (χ1) is 6.28. The number of amides is 2. The largest absolute Gasteiger partial charge is 0.372 e. The third kappa shape index (κ3) is 4.81. The summed E-state index contributed by atoms with van der Waals surface area (Å²) in [6, 6.07) is 0. The molecule has 0 saturated heterocycles. The molecule has 82 valence electrons. The van der Waals surface area contributed by atoms with E-state index in [1.807, 2.05) is 0 Å². The monoisotopic (exact) mass is 202 g/mol. The molecule has 3 N–H and O–H groups in total. The van der Waals surface area contributed by atoms with Crippen molar-refractivity contribution in [1.29, 1.82) is 0 Å². The van der Waals surface area contributed by atoms with E-state index in [0.717, 1.165) is 0 Å². The van der Waals surface area contributed by atoms with Gasteiger partial charge in [-0.15, -0.1) is 0 Å². The van der Waals surface area contributed by atoms with Crippen molar-refractivity contribution in [3.05, 3.63) is 0 Å². The van der Waals surface area contributed by atoms with Gasteiger partial charge in [0.05, 0.1) is 0 Å². The lowest BCUT2D eigenvalue weighted by molar-refractivity contribution is -0.132. The highest BCUT2D eigenvalue weighted by atomic mass is 16.5. The number of hydrogen-bond donors (Lipinski definition) is 2. The Morgan fingerprint density at radius 1 is 1.50 bits per heavy atom. The number of rotatable bonds is 5. The zero-order valence-electron chi connectivity index (χ0n) is 9.09. The highest BCUT2D eigenvalue weighted by Crippen LogP contribution is 2.07. The van der Waals surface area contributed by atoms with E-state index < -0.39 is 17.6 Å². The van der Waals surface area contributed by atoms with Crippen molar-refractivity contribution >= 4 is 11.8 Å². The fraction of sp³-hybridized carbons (Fsp3) is 0.778. The van der Waals surface area contributed by atoms with Crippen LogP contribution in [0.15, 0.2) is 0 Å². The molecule has 0 aliphatic rings. The van der Waals surface area contributed by atoms with Crippen LogP contribution in [0.5, 0.6) is 0 Å². The van der Waals surface area contributed by atoms with Crippen LogP contribution >= 0.6 is 0 Å². The minimum atomic E-state index is -0.629. The molecule has 0 spiro atoms. The van der Waals surface area contributed by atoms with Gasteiger partial charge in [-0.1, -0.05) is 0 Å². The van der Waals surface area contributed by atoms with E-state index in [2.05, 4.69) is 5.32 Å². The number of nitrogens with two attached hydrogens (primary N) is 1. The standard InChI is InChI=1S/C9H18N2O3/c1-6(14-4)8(13)11-9(2,3)5-7(10)12/h6H,5H2,1-4H3,(H2,10,12)(H,11,13). The number of hydrogen-bond acceptors (Lipinski definition) is 3. The topological polar surface area (TPSA) is 81.4 Å². The first-order valence-corrected chi connectivity index (χ1v) is 4.41. The maximum Gasteiger partial charge on any atom is 0.249 e. The molecule has 0 radical (unpaired) electrons. The summed E-state index contributed by atoms with van der Waals surface area (Å²) >= 11 is 0. The highest BCUT2D eigenvalue weighted by molar-refractivity contribution is 5.82. The van der Waals surface area contributed by atoms with Gasteiger partial charge < -0.3 is 15.8 Å². The van der Waals surface area contributed by atoms with Gasteiger partial charge in [-0.2, -0.15) is 0 Å². The smallest absolute Gasteiger partial charge is 0.249 e. The molecule has 0 fully saturated rings. The molecule has 5 nitrogen and oxygen atoms in total. The zero-order valence-corrected chi connectivity index (χ0v) is 9.09. The summed E-state index contributed by atoms with van der Waals surface area (Å²) in [6.07, 6.45) is -0.419. The van der Waals surface area contributed by atoms with Gasteiger partial charge >= 0.3 is 0 Å². The average Bonchev–Trinajstić information content (AvgIpc) is 1.99. The van der Waals surface area contributed by atoms with E-state index in [4.69, 9.17) is 10.5 Å². The second-order valence-corrected chi connectivity index (χ2v) is 3.89. The Labute approximate surface area is 84.0 Å². The summed E-state index contributed by atoms with van der Waals surface area (Å²) in [5, 5.41) is 2.67. The second kappa shape index (κ2) is 4.95. The Hall–Kier alpha value is -1.10. The number of methoxy groups -OCH3 is 1. The minimum Gasteiger partial charge on any atom is -0.372 e. The normalized spacial score (nSPS) is 13.4. The summed E-state index contributed by atoms with van der Waals surface area (Å²) in [7, 11) is 1.45. The summed E-state index contributed by atoms with van der Waals surface area (Å²) in [5.41, 5.74) is 4.41. The van der Waals surface area contributed by atoms with Gasteiger partial charge in [-0.25, -0.2) is 0 Å². The van der Waals surface area contributed by atoms with Crippen LogP contribution in [-0.4, -0.2) is 30.6 Å². The van der Waals surface area contributed by atoms with E-state index in [1.54, 1.807) is 20.8 Å².